The lowest BCUT2D eigenvalue weighted by Crippen LogP contribution is -2.17. The van der Waals surface area contributed by atoms with E-state index in [4.69, 9.17) is 0 Å². The molecule has 9 aromatic rings. The van der Waals surface area contributed by atoms with Crippen LogP contribution in [-0.4, -0.2) is 0 Å². The van der Waals surface area contributed by atoms with Crippen LogP contribution in [0, 0.1) is 0 Å². The third-order valence-electron chi connectivity index (χ3n) is 11.6. The first-order valence-electron chi connectivity index (χ1n) is 19.8. The summed E-state index contributed by atoms with van der Waals surface area (Å²) in [6, 6.07) is 79.2. The molecule has 1 aliphatic carbocycles. The predicted octanol–water partition coefficient (Wildman–Crippen LogP) is 15.4. The van der Waals surface area contributed by atoms with Crippen LogP contribution in [0.5, 0.6) is 0 Å². The average molecular weight is 731 g/mol. The quantitative estimate of drug-likeness (QED) is 0.154. The maximum Gasteiger partial charge on any atom is 0.0546 e. The Balaban J connectivity index is 1.18. The monoisotopic (exact) mass is 730 g/mol. The summed E-state index contributed by atoms with van der Waals surface area (Å²) in [6.45, 7) is 4.76. The van der Waals surface area contributed by atoms with E-state index in [0.29, 0.717) is 0 Å². The van der Waals surface area contributed by atoms with Crippen molar-refractivity contribution in [1.82, 2.24) is 0 Å². The molecule has 57 heavy (non-hydrogen) atoms. The fraction of sp³-hybridized carbons (Fsp3) is 0.0545. The Morgan fingerprint density at radius 3 is 1.51 bits per heavy atom. The summed E-state index contributed by atoms with van der Waals surface area (Å²) < 4.78 is 0. The van der Waals surface area contributed by atoms with E-state index in [2.05, 4.69) is 242 Å². The largest absolute Gasteiger partial charge is 0.311 e. The third-order valence-corrected chi connectivity index (χ3v) is 11.6. The summed E-state index contributed by atoms with van der Waals surface area (Å²) in [5.41, 5.74) is 16.7. The number of benzene rings is 9. The molecule has 0 saturated heterocycles. The van der Waals surface area contributed by atoms with Crippen molar-refractivity contribution < 1.29 is 0 Å². The summed E-state index contributed by atoms with van der Waals surface area (Å²) in [4.78, 5) is 4.78. The van der Waals surface area contributed by atoms with Crippen molar-refractivity contribution in [1.29, 1.82) is 0 Å². The fourth-order valence-electron chi connectivity index (χ4n) is 8.91. The summed E-state index contributed by atoms with van der Waals surface area (Å²) in [7, 11) is 0. The van der Waals surface area contributed by atoms with Gasteiger partial charge in [-0.3, -0.25) is 0 Å². The van der Waals surface area contributed by atoms with Gasteiger partial charge in [0, 0.05) is 39.4 Å². The van der Waals surface area contributed by atoms with Crippen LogP contribution in [0.25, 0.3) is 44.2 Å². The molecule has 0 N–H and O–H groups in total. The van der Waals surface area contributed by atoms with Crippen LogP contribution >= 0.6 is 0 Å². The van der Waals surface area contributed by atoms with Crippen LogP contribution in [0.1, 0.15) is 25.0 Å². The first-order chi connectivity index (χ1) is 28.1. The first kappa shape index (κ1) is 34.3. The zero-order chi connectivity index (χ0) is 38.3. The summed E-state index contributed by atoms with van der Waals surface area (Å²) in [5.74, 6) is 0. The molecule has 0 radical (unpaired) electrons. The molecule has 0 amide bonds. The lowest BCUT2D eigenvalue weighted by atomic mass is 9.81. The van der Waals surface area contributed by atoms with Crippen molar-refractivity contribution >= 4 is 44.9 Å². The summed E-state index contributed by atoms with van der Waals surface area (Å²) in [6.07, 6.45) is 0. The molecule has 0 aliphatic heterocycles. The van der Waals surface area contributed by atoms with Crippen LogP contribution in [0.3, 0.4) is 0 Å². The zero-order valence-corrected chi connectivity index (χ0v) is 32.2. The maximum atomic E-state index is 2.46. The number of fused-ring (bicyclic) bond motifs is 4. The van der Waals surface area contributed by atoms with Crippen molar-refractivity contribution in [2.75, 3.05) is 9.80 Å². The van der Waals surface area contributed by atoms with Gasteiger partial charge in [-0.05, 0) is 116 Å². The second-order valence-electron chi connectivity index (χ2n) is 15.4. The molecular formula is C55H42N2. The standard InChI is InChI=1S/C55H42N2/c1-55(2)50-29-17-28-48(39-18-7-3-8-19-39)54(50)49-36-35-46(38-51(49)55)57(52-37-30-40-20-15-16-27-47(40)53(52)41-21-9-4-10-22-41)45-33-31-44(32-34-45)56(42-23-11-5-12-24-42)43-25-13-6-14-26-43/h3-38H,1-2H3. The molecular weight excluding hydrogens is 689 g/mol. The highest BCUT2D eigenvalue weighted by Crippen LogP contribution is 2.54. The molecule has 0 unspecified atom stereocenters. The van der Waals surface area contributed by atoms with Crippen LogP contribution in [0.2, 0.25) is 0 Å². The molecule has 0 atom stereocenters. The zero-order valence-electron chi connectivity index (χ0n) is 32.2. The van der Waals surface area contributed by atoms with Crippen LogP contribution in [0.15, 0.2) is 218 Å². The Labute approximate surface area is 335 Å². The van der Waals surface area contributed by atoms with Gasteiger partial charge in [0.1, 0.15) is 0 Å². The van der Waals surface area contributed by atoms with Gasteiger partial charge in [0.2, 0.25) is 0 Å². The number of hydrogen-bond acceptors (Lipinski definition) is 2. The smallest absolute Gasteiger partial charge is 0.0546 e. The van der Waals surface area contributed by atoms with Gasteiger partial charge in [-0.1, -0.05) is 166 Å². The molecule has 0 saturated carbocycles. The van der Waals surface area contributed by atoms with Gasteiger partial charge in [-0.15, -0.1) is 0 Å². The van der Waals surface area contributed by atoms with E-state index in [-0.39, 0.29) is 5.41 Å². The van der Waals surface area contributed by atoms with Gasteiger partial charge in [0.25, 0.3) is 0 Å². The molecule has 0 heterocycles. The Morgan fingerprint density at radius 1 is 0.333 bits per heavy atom. The second-order valence-corrected chi connectivity index (χ2v) is 15.4. The fourth-order valence-corrected chi connectivity index (χ4v) is 8.91. The van der Waals surface area contributed by atoms with Gasteiger partial charge in [-0.2, -0.15) is 0 Å². The highest BCUT2D eigenvalue weighted by molar-refractivity contribution is 6.05. The van der Waals surface area contributed by atoms with E-state index >= 15 is 0 Å². The number of rotatable bonds is 8. The molecule has 0 spiro atoms. The van der Waals surface area contributed by atoms with Crippen LogP contribution < -0.4 is 9.80 Å². The Kier molecular flexibility index (Phi) is 8.53. The number of anilines is 6. The summed E-state index contributed by atoms with van der Waals surface area (Å²) >= 11 is 0. The predicted molar refractivity (Wildman–Crippen MR) is 242 cm³/mol. The SMILES string of the molecule is CC1(C)c2cc(N(c3ccc(N(c4ccccc4)c4ccccc4)cc3)c3ccc4ccccc4c3-c3ccccc3)ccc2-c2c(-c3ccccc3)cccc21. The average Bonchev–Trinajstić information content (AvgIpc) is 3.51. The molecule has 0 aromatic heterocycles. The second kappa shape index (κ2) is 14.2. The van der Waals surface area contributed by atoms with Gasteiger partial charge >= 0.3 is 0 Å². The van der Waals surface area contributed by atoms with E-state index in [1.165, 1.54) is 55.3 Å². The lowest BCUT2D eigenvalue weighted by molar-refractivity contribution is 0.660. The van der Waals surface area contributed by atoms with E-state index in [9.17, 15) is 0 Å². The minimum atomic E-state index is -0.196. The molecule has 2 heteroatoms. The molecule has 272 valence electrons. The van der Waals surface area contributed by atoms with E-state index in [0.717, 1.165) is 34.1 Å². The van der Waals surface area contributed by atoms with Gasteiger partial charge in [-0.25, -0.2) is 0 Å². The Bertz CT molecular complexity index is 2810. The molecule has 0 bridgehead atoms. The first-order valence-corrected chi connectivity index (χ1v) is 19.8. The van der Waals surface area contributed by atoms with Crippen molar-refractivity contribution in [3.8, 4) is 33.4 Å². The highest BCUT2D eigenvalue weighted by atomic mass is 15.2. The highest BCUT2D eigenvalue weighted by Gasteiger charge is 2.37. The lowest BCUT2D eigenvalue weighted by Gasteiger charge is -2.31. The van der Waals surface area contributed by atoms with Crippen LogP contribution in [-0.2, 0) is 5.41 Å². The topological polar surface area (TPSA) is 6.48 Å². The van der Waals surface area contributed by atoms with Crippen molar-refractivity contribution in [2.24, 2.45) is 0 Å². The molecule has 1 aliphatic rings. The van der Waals surface area contributed by atoms with Gasteiger partial charge < -0.3 is 9.80 Å². The van der Waals surface area contributed by atoms with Crippen molar-refractivity contribution in [3.05, 3.63) is 230 Å². The van der Waals surface area contributed by atoms with Gasteiger partial charge in [0.05, 0.1) is 5.69 Å². The Morgan fingerprint density at radius 2 is 0.860 bits per heavy atom. The number of para-hydroxylation sites is 2. The summed E-state index contributed by atoms with van der Waals surface area (Å²) in [5, 5.41) is 2.44. The minimum Gasteiger partial charge on any atom is -0.311 e. The third kappa shape index (κ3) is 5.98. The minimum absolute atomic E-state index is 0.196. The van der Waals surface area contributed by atoms with E-state index < -0.39 is 0 Å². The maximum absolute atomic E-state index is 2.46. The number of hydrogen-bond donors (Lipinski definition) is 0. The molecule has 10 rings (SSSR count). The normalized spacial score (nSPS) is 12.5. The molecule has 0 fully saturated rings. The molecule has 9 aromatic carbocycles. The van der Waals surface area contributed by atoms with Crippen molar-refractivity contribution in [2.45, 2.75) is 19.3 Å². The van der Waals surface area contributed by atoms with Crippen LogP contribution in [0.4, 0.5) is 34.1 Å². The Hall–Kier alpha value is -7.16. The molecule has 2 nitrogen and oxygen atoms in total. The van der Waals surface area contributed by atoms with Gasteiger partial charge in [0.15, 0.2) is 0 Å². The van der Waals surface area contributed by atoms with Crippen molar-refractivity contribution in [3.63, 3.8) is 0 Å². The number of nitrogens with zero attached hydrogens (tertiary/aromatic N) is 2. The van der Waals surface area contributed by atoms with E-state index in [1.807, 2.05) is 0 Å². The van der Waals surface area contributed by atoms with E-state index in [1.54, 1.807) is 0 Å².